The van der Waals surface area contributed by atoms with Crippen LogP contribution < -0.4 is 0 Å². The lowest BCUT2D eigenvalue weighted by Gasteiger charge is -2.25. The van der Waals surface area contributed by atoms with Crippen LogP contribution in [0.25, 0.3) is 0 Å². The van der Waals surface area contributed by atoms with Crippen molar-refractivity contribution in [2.45, 2.75) is 44.4 Å². The average Bonchev–Trinajstić information content (AvgIpc) is 2.52. The number of para-hydroxylation sites is 1. The van der Waals surface area contributed by atoms with Gasteiger partial charge in [0.25, 0.3) is 0 Å². The number of phenolic OH excluding ortho intramolecular Hbond substituents is 2. The summed E-state index contributed by atoms with van der Waals surface area (Å²) in [5.74, 6) is 1.20. The predicted octanol–water partition coefficient (Wildman–Crippen LogP) is 4.74. The van der Waals surface area contributed by atoms with Crippen molar-refractivity contribution in [1.82, 2.24) is 0 Å². The second-order valence-corrected chi connectivity index (χ2v) is 5.99. The Balaban J connectivity index is 1.95. The maximum Gasteiger partial charge on any atom is 0.119 e. The molecule has 0 spiro atoms. The van der Waals surface area contributed by atoms with E-state index in [1.54, 1.807) is 12.1 Å². The van der Waals surface area contributed by atoms with Crippen LogP contribution in [0.3, 0.4) is 0 Å². The number of rotatable bonds is 3. The van der Waals surface area contributed by atoms with Crippen LogP contribution in [0.2, 0.25) is 0 Å². The van der Waals surface area contributed by atoms with Crippen LogP contribution in [-0.4, -0.2) is 10.2 Å². The van der Waals surface area contributed by atoms with Crippen molar-refractivity contribution in [3.05, 3.63) is 59.2 Å². The maximum absolute atomic E-state index is 10.3. The fraction of sp³-hybridized carbons (Fsp3) is 0.368. The molecule has 110 valence electrons. The molecule has 0 unspecified atom stereocenters. The molecule has 21 heavy (non-hydrogen) atoms. The minimum absolute atomic E-state index is 0.301. The molecule has 2 aromatic rings. The standard InChI is InChI=1S/C19H22O2/c20-18-11-5-4-9-15(18)13-17-16(10-6-12-19(17)21)14-7-2-1-3-8-14/h4-6,9-12,14,20-21H,1-3,7-8,13H2. The van der Waals surface area contributed by atoms with Gasteiger partial charge in [0.2, 0.25) is 0 Å². The van der Waals surface area contributed by atoms with Gasteiger partial charge in [0.15, 0.2) is 0 Å². The summed E-state index contributed by atoms with van der Waals surface area (Å²) in [6.45, 7) is 0. The molecule has 0 amide bonds. The summed E-state index contributed by atoms with van der Waals surface area (Å²) in [5, 5.41) is 20.3. The van der Waals surface area contributed by atoms with Crippen LogP contribution in [0.5, 0.6) is 11.5 Å². The molecule has 0 aromatic heterocycles. The highest BCUT2D eigenvalue weighted by Crippen LogP contribution is 2.38. The minimum Gasteiger partial charge on any atom is -0.508 e. The summed E-state index contributed by atoms with van der Waals surface area (Å²) in [5.41, 5.74) is 3.11. The summed E-state index contributed by atoms with van der Waals surface area (Å²) in [7, 11) is 0. The van der Waals surface area contributed by atoms with Crippen molar-refractivity contribution in [2.75, 3.05) is 0 Å². The van der Waals surface area contributed by atoms with E-state index in [2.05, 4.69) is 6.07 Å². The lowest BCUT2D eigenvalue weighted by atomic mass is 9.81. The quantitative estimate of drug-likeness (QED) is 0.854. The number of hydrogen-bond acceptors (Lipinski definition) is 2. The lowest BCUT2D eigenvalue weighted by Crippen LogP contribution is -2.08. The normalized spacial score (nSPS) is 16.0. The molecular weight excluding hydrogens is 260 g/mol. The molecule has 1 fully saturated rings. The van der Waals surface area contributed by atoms with Gasteiger partial charge in [0, 0.05) is 12.0 Å². The van der Waals surface area contributed by atoms with Gasteiger partial charge < -0.3 is 10.2 Å². The van der Waals surface area contributed by atoms with Crippen molar-refractivity contribution in [3.63, 3.8) is 0 Å². The molecule has 2 nitrogen and oxygen atoms in total. The molecule has 1 saturated carbocycles. The third kappa shape index (κ3) is 3.05. The SMILES string of the molecule is Oc1ccccc1Cc1c(O)cccc1C1CCCCC1. The summed E-state index contributed by atoms with van der Waals surface area (Å²) < 4.78 is 0. The first-order valence-corrected chi connectivity index (χ1v) is 7.83. The van der Waals surface area contributed by atoms with Crippen LogP contribution in [0, 0.1) is 0 Å². The molecule has 0 saturated heterocycles. The van der Waals surface area contributed by atoms with E-state index >= 15 is 0 Å². The molecule has 0 bridgehead atoms. The Bertz CT molecular complexity index is 613. The Morgan fingerprint density at radius 2 is 1.52 bits per heavy atom. The zero-order valence-corrected chi connectivity index (χ0v) is 12.3. The monoisotopic (exact) mass is 282 g/mol. The first kappa shape index (κ1) is 14.0. The molecule has 2 aromatic carbocycles. The highest BCUT2D eigenvalue weighted by molar-refractivity contribution is 5.46. The van der Waals surface area contributed by atoms with Crippen molar-refractivity contribution >= 4 is 0 Å². The van der Waals surface area contributed by atoms with Gasteiger partial charge in [0.05, 0.1) is 0 Å². The van der Waals surface area contributed by atoms with Crippen molar-refractivity contribution in [3.8, 4) is 11.5 Å². The summed E-state index contributed by atoms with van der Waals surface area (Å²) >= 11 is 0. The van der Waals surface area contributed by atoms with Gasteiger partial charge in [-0.3, -0.25) is 0 Å². The van der Waals surface area contributed by atoms with E-state index in [0.29, 0.717) is 23.8 Å². The number of aromatic hydroxyl groups is 2. The van der Waals surface area contributed by atoms with Gasteiger partial charge in [-0.15, -0.1) is 0 Å². The number of phenols is 2. The van der Waals surface area contributed by atoms with E-state index in [4.69, 9.17) is 0 Å². The summed E-state index contributed by atoms with van der Waals surface area (Å²) in [6.07, 6.45) is 6.87. The van der Waals surface area contributed by atoms with Gasteiger partial charge in [-0.2, -0.15) is 0 Å². The Hall–Kier alpha value is -1.96. The molecule has 0 aliphatic heterocycles. The molecule has 0 heterocycles. The molecule has 0 radical (unpaired) electrons. The molecule has 1 aliphatic rings. The van der Waals surface area contributed by atoms with E-state index in [-0.39, 0.29) is 0 Å². The molecule has 1 aliphatic carbocycles. The third-order valence-corrected chi connectivity index (χ3v) is 4.59. The molecule has 0 atom stereocenters. The van der Waals surface area contributed by atoms with Gasteiger partial charge in [-0.05, 0) is 42.0 Å². The van der Waals surface area contributed by atoms with Crippen molar-refractivity contribution in [1.29, 1.82) is 0 Å². The number of benzene rings is 2. The third-order valence-electron chi connectivity index (χ3n) is 4.59. The zero-order valence-electron chi connectivity index (χ0n) is 12.3. The molecular formula is C19H22O2. The second kappa shape index (κ2) is 6.21. The van der Waals surface area contributed by atoms with Gasteiger partial charge in [0.1, 0.15) is 11.5 Å². The van der Waals surface area contributed by atoms with Gasteiger partial charge in [-0.1, -0.05) is 49.6 Å². The highest BCUT2D eigenvalue weighted by atomic mass is 16.3. The fourth-order valence-electron chi connectivity index (χ4n) is 3.43. The van der Waals surface area contributed by atoms with Crippen molar-refractivity contribution < 1.29 is 10.2 Å². The fourth-order valence-corrected chi connectivity index (χ4v) is 3.43. The Morgan fingerprint density at radius 1 is 0.810 bits per heavy atom. The van der Waals surface area contributed by atoms with E-state index in [0.717, 1.165) is 11.1 Å². The van der Waals surface area contributed by atoms with Crippen molar-refractivity contribution in [2.24, 2.45) is 0 Å². The van der Waals surface area contributed by atoms with Crippen LogP contribution >= 0.6 is 0 Å². The van der Waals surface area contributed by atoms with Crippen LogP contribution in [-0.2, 0) is 6.42 Å². The maximum atomic E-state index is 10.3. The summed E-state index contributed by atoms with van der Waals surface area (Å²) in [4.78, 5) is 0. The summed E-state index contributed by atoms with van der Waals surface area (Å²) in [6, 6.07) is 13.2. The molecule has 2 N–H and O–H groups in total. The van der Waals surface area contributed by atoms with Crippen LogP contribution in [0.15, 0.2) is 42.5 Å². The van der Waals surface area contributed by atoms with E-state index in [9.17, 15) is 10.2 Å². The highest BCUT2D eigenvalue weighted by Gasteiger charge is 2.20. The van der Waals surface area contributed by atoms with Crippen LogP contribution in [0.1, 0.15) is 54.7 Å². The lowest BCUT2D eigenvalue weighted by molar-refractivity contribution is 0.433. The van der Waals surface area contributed by atoms with E-state index in [1.807, 2.05) is 24.3 Å². The first-order chi connectivity index (χ1) is 10.3. The Kier molecular flexibility index (Phi) is 4.14. The zero-order chi connectivity index (χ0) is 14.7. The Morgan fingerprint density at radius 3 is 2.29 bits per heavy atom. The van der Waals surface area contributed by atoms with Gasteiger partial charge >= 0.3 is 0 Å². The topological polar surface area (TPSA) is 40.5 Å². The smallest absolute Gasteiger partial charge is 0.119 e. The van der Waals surface area contributed by atoms with E-state index < -0.39 is 0 Å². The molecule has 3 rings (SSSR count). The number of hydrogen-bond donors (Lipinski definition) is 2. The van der Waals surface area contributed by atoms with Crippen LogP contribution in [0.4, 0.5) is 0 Å². The van der Waals surface area contributed by atoms with Gasteiger partial charge in [-0.25, -0.2) is 0 Å². The first-order valence-electron chi connectivity index (χ1n) is 7.83. The van der Waals surface area contributed by atoms with E-state index in [1.165, 1.54) is 37.7 Å². The Labute approximate surface area is 126 Å². The minimum atomic E-state index is 0.301. The largest absolute Gasteiger partial charge is 0.508 e. The average molecular weight is 282 g/mol. The second-order valence-electron chi connectivity index (χ2n) is 5.99. The molecule has 2 heteroatoms. The predicted molar refractivity (Wildman–Crippen MR) is 84.8 cm³/mol.